The lowest BCUT2D eigenvalue weighted by molar-refractivity contribution is -0.137. The zero-order valence-corrected chi connectivity index (χ0v) is 12.6. The second-order valence-corrected chi connectivity index (χ2v) is 5.45. The third kappa shape index (κ3) is 2.75. The molecule has 2 aromatic carbocycles. The van der Waals surface area contributed by atoms with E-state index < -0.39 is 35.4 Å². The summed E-state index contributed by atoms with van der Waals surface area (Å²) in [6.45, 7) is 0. The highest BCUT2D eigenvalue weighted by atomic mass is 19.4. The minimum Gasteiger partial charge on any atom is -0.369 e. The predicted molar refractivity (Wildman–Crippen MR) is 81.6 cm³/mol. The van der Waals surface area contributed by atoms with Gasteiger partial charge < -0.3 is 5.73 Å². The van der Waals surface area contributed by atoms with Gasteiger partial charge in [-0.3, -0.25) is 14.4 Å². The Balaban J connectivity index is 2.16. The molecule has 3 rings (SSSR count). The number of fused-ring (bicyclic) bond motifs is 1. The third-order valence-electron chi connectivity index (χ3n) is 3.89. The van der Waals surface area contributed by atoms with Crippen LogP contribution in [-0.2, 0) is 15.8 Å². The fourth-order valence-electron chi connectivity index (χ4n) is 2.77. The maximum absolute atomic E-state index is 12.9. The van der Waals surface area contributed by atoms with Gasteiger partial charge in [0.1, 0.15) is 5.92 Å². The number of carbonyl (C=O) groups excluding carboxylic acids is 3. The van der Waals surface area contributed by atoms with E-state index in [0.29, 0.717) is 11.0 Å². The Labute approximate surface area is 139 Å². The van der Waals surface area contributed by atoms with Crippen LogP contribution < -0.4 is 10.6 Å². The summed E-state index contributed by atoms with van der Waals surface area (Å²) in [5.74, 6) is -4.21. The molecule has 0 saturated carbocycles. The first-order valence-electron chi connectivity index (χ1n) is 7.15. The van der Waals surface area contributed by atoms with Gasteiger partial charge in [-0.2, -0.15) is 13.2 Å². The molecule has 1 aliphatic rings. The molecule has 1 atom stereocenters. The number of nitrogens with zero attached hydrogens (tertiary/aromatic N) is 1. The Morgan fingerprint density at radius 1 is 1.04 bits per heavy atom. The fourth-order valence-corrected chi connectivity index (χ4v) is 2.77. The van der Waals surface area contributed by atoms with Crippen molar-refractivity contribution in [2.24, 2.45) is 5.73 Å². The van der Waals surface area contributed by atoms with Gasteiger partial charge in [-0.05, 0) is 29.8 Å². The molecule has 8 heteroatoms. The van der Waals surface area contributed by atoms with Crippen LogP contribution in [0.2, 0.25) is 0 Å². The molecule has 2 N–H and O–H groups in total. The van der Waals surface area contributed by atoms with Gasteiger partial charge in [-0.25, -0.2) is 4.90 Å². The Bertz CT molecular complexity index is 893. The molecule has 5 nitrogen and oxygen atoms in total. The van der Waals surface area contributed by atoms with Crippen LogP contribution in [0.15, 0.2) is 48.5 Å². The number of carbonyl (C=O) groups is 3. The van der Waals surface area contributed by atoms with Crippen molar-refractivity contribution in [3.63, 3.8) is 0 Å². The number of alkyl halides is 3. The summed E-state index contributed by atoms with van der Waals surface area (Å²) < 4.78 is 38.7. The molecule has 0 spiro atoms. The lowest BCUT2D eigenvalue weighted by atomic mass is 9.87. The number of amides is 3. The monoisotopic (exact) mass is 348 g/mol. The standard InChI is InChI=1S/C17H11F3N2O3/c18-17(19,20)9-4-3-5-10(8-9)22-15(24)12-7-2-1-6-11(12)13(14(21)23)16(22)25/h1-8,13H,(H2,21,23). The quantitative estimate of drug-likeness (QED) is 0.669. The predicted octanol–water partition coefficient (Wildman–Crippen LogP) is 2.46. The fraction of sp³-hybridized carbons (Fsp3) is 0.118. The van der Waals surface area contributed by atoms with Crippen LogP contribution >= 0.6 is 0 Å². The Morgan fingerprint density at radius 3 is 2.36 bits per heavy atom. The lowest BCUT2D eigenvalue weighted by Crippen LogP contribution is -2.48. The minimum absolute atomic E-state index is 0.0447. The number of imide groups is 1. The molecule has 0 bridgehead atoms. The van der Waals surface area contributed by atoms with Crippen LogP contribution in [0.5, 0.6) is 0 Å². The summed E-state index contributed by atoms with van der Waals surface area (Å²) in [5.41, 5.74) is 4.18. The van der Waals surface area contributed by atoms with E-state index in [9.17, 15) is 27.6 Å². The van der Waals surface area contributed by atoms with Crippen LogP contribution in [0.3, 0.4) is 0 Å². The highest BCUT2D eigenvalue weighted by molar-refractivity contribution is 6.30. The van der Waals surface area contributed by atoms with E-state index in [1.54, 1.807) is 0 Å². The number of benzene rings is 2. The molecule has 128 valence electrons. The van der Waals surface area contributed by atoms with E-state index in [2.05, 4.69) is 0 Å². The smallest absolute Gasteiger partial charge is 0.369 e. The molecule has 1 heterocycles. The van der Waals surface area contributed by atoms with Crippen LogP contribution in [0.4, 0.5) is 18.9 Å². The Hall–Kier alpha value is -3.16. The number of halogens is 3. The van der Waals surface area contributed by atoms with E-state index in [4.69, 9.17) is 5.73 Å². The van der Waals surface area contributed by atoms with Crippen molar-refractivity contribution in [2.45, 2.75) is 12.1 Å². The van der Waals surface area contributed by atoms with Crippen molar-refractivity contribution in [1.82, 2.24) is 0 Å². The van der Waals surface area contributed by atoms with Crippen LogP contribution in [-0.4, -0.2) is 17.7 Å². The van der Waals surface area contributed by atoms with E-state index in [1.807, 2.05) is 0 Å². The maximum atomic E-state index is 12.9. The second-order valence-electron chi connectivity index (χ2n) is 5.45. The largest absolute Gasteiger partial charge is 0.416 e. The first kappa shape index (κ1) is 16.7. The molecule has 25 heavy (non-hydrogen) atoms. The third-order valence-corrected chi connectivity index (χ3v) is 3.89. The first-order valence-corrected chi connectivity index (χ1v) is 7.15. The first-order chi connectivity index (χ1) is 11.7. The van der Waals surface area contributed by atoms with Crippen molar-refractivity contribution >= 4 is 23.4 Å². The molecular formula is C17H11F3N2O3. The highest BCUT2D eigenvalue weighted by Crippen LogP contribution is 2.36. The molecule has 3 amide bonds. The van der Waals surface area contributed by atoms with Crippen molar-refractivity contribution in [1.29, 1.82) is 0 Å². The highest BCUT2D eigenvalue weighted by Gasteiger charge is 2.43. The molecule has 0 aromatic heterocycles. The van der Waals surface area contributed by atoms with Crippen LogP contribution in [0.25, 0.3) is 0 Å². The summed E-state index contributed by atoms with van der Waals surface area (Å²) >= 11 is 0. The van der Waals surface area contributed by atoms with Gasteiger partial charge in [-0.15, -0.1) is 0 Å². The van der Waals surface area contributed by atoms with Gasteiger partial charge in [0, 0.05) is 5.56 Å². The van der Waals surface area contributed by atoms with Crippen molar-refractivity contribution in [3.8, 4) is 0 Å². The molecule has 0 fully saturated rings. The average molecular weight is 348 g/mol. The van der Waals surface area contributed by atoms with E-state index in [0.717, 1.165) is 12.1 Å². The molecule has 0 radical (unpaired) electrons. The zero-order chi connectivity index (χ0) is 18.4. The van der Waals surface area contributed by atoms with Gasteiger partial charge in [0.05, 0.1) is 11.3 Å². The number of hydrogen-bond donors (Lipinski definition) is 1. The van der Waals surface area contributed by atoms with Crippen molar-refractivity contribution in [3.05, 3.63) is 65.2 Å². The zero-order valence-electron chi connectivity index (χ0n) is 12.6. The minimum atomic E-state index is -4.64. The Kier molecular flexibility index (Phi) is 3.82. The molecule has 1 unspecified atom stereocenters. The Morgan fingerprint density at radius 2 is 1.72 bits per heavy atom. The topological polar surface area (TPSA) is 80.5 Å². The number of nitrogens with two attached hydrogens (primary N) is 1. The number of primary amides is 1. The molecule has 1 aliphatic heterocycles. The molecule has 0 saturated heterocycles. The van der Waals surface area contributed by atoms with Crippen LogP contribution in [0.1, 0.15) is 27.4 Å². The maximum Gasteiger partial charge on any atom is 0.416 e. The van der Waals surface area contributed by atoms with Gasteiger partial charge in [0.25, 0.3) is 11.8 Å². The SMILES string of the molecule is NC(=O)C1C(=O)N(c2cccc(C(F)(F)F)c2)C(=O)c2ccccc21. The van der Waals surface area contributed by atoms with Crippen molar-refractivity contribution in [2.75, 3.05) is 4.90 Å². The molecule has 0 aliphatic carbocycles. The van der Waals surface area contributed by atoms with E-state index in [1.165, 1.54) is 30.3 Å². The summed E-state index contributed by atoms with van der Waals surface area (Å²) in [6.07, 6.45) is -4.64. The number of hydrogen-bond acceptors (Lipinski definition) is 3. The van der Waals surface area contributed by atoms with E-state index >= 15 is 0 Å². The lowest BCUT2D eigenvalue weighted by Gasteiger charge is -2.31. The van der Waals surface area contributed by atoms with Gasteiger partial charge >= 0.3 is 6.18 Å². The summed E-state index contributed by atoms with van der Waals surface area (Å²) in [7, 11) is 0. The summed E-state index contributed by atoms with van der Waals surface area (Å²) in [5, 5.41) is 0. The van der Waals surface area contributed by atoms with Gasteiger partial charge in [0.15, 0.2) is 0 Å². The number of rotatable bonds is 2. The summed E-state index contributed by atoms with van der Waals surface area (Å²) in [4.78, 5) is 37.5. The van der Waals surface area contributed by atoms with Gasteiger partial charge in [-0.1, -0.05) is 24.3 Å². The van der Waals surface area contributed by atoms with Gasteiger partial charge in [0.2, 0.25) is 5.91 Å². The molecule has 2 aromatic rings. The second kappa shape index (κ2) is 5.73. The average Bonchev–Trinajstić information content (AvgIpc) is 2.54. The summed E-state index contributed by atoms with van der Waals surface area (Å²) in [6, 6.07) is 9.65. The van der Waals surface area contributed by atoms with Crippen molar-refractivity contribution < 1.29 is 27.6 Å². The number of anilines is 1. The normalized spacial score (nSPS) is 17.4. The van der Waals surface area contributed by atoms with Crippen LogP contribution in [0, 0.1) is 0 Å². The van der Waals surface area contributed by atoms with E-state index in [-0.39, 0.29) is 16.8 Å². The molecular weight excluding hydrogens is 337 g/mol.